The van der Waals surface area contributed by atoms with Crippen molar-refractivity contribution in [1.82, 2.24) is 0 Å². The standard InChI is InChI=1S/C22H23OS.C15H24O3S/c1-22(2,3)23-18-14-16-21(17-15-18)24(19-10-6-4-7-11-19)20-12-8-5-9-13-20;1-9(2)12-7-13(10(3)4)15(19-18-17-16)14(8-12)11(5)6/h4-17H,1-3H3;7-11,16H,1-6H3/q+1;/p-1. The molecule has 0 heterocycles. The second kappa shape index (κ2) is 16.4. The predicted molar refractivity (Wildman–Crippen MR) is 179 cm³/mol. The van der Waals surface area contributed by atoms with Crippen molar-refractivity contribution in [3.8, 4) is 5.75 Å². The first-order chi connectivity index (χ1) is 20.4. The third-order valence-electron chi connectivity index (χ3n) is 6.67. The molecule has 0 amide bonds. The van der Waals surface area contributed by atoms with Gasteiger partial charge in [0, 0.05) is 4.90 Å². The first-order valence-electron chi connectivity index (χ1n) is 14.9. The van der Waals surface area contributed by atoms with Crippen LogP contribution in [0.4, 0.5) is 0 Å². The van der Waals surface area contributed by atoms with E-state index in [1.807, 2.05) is 0 Å². The van der Waals surface area contributed by atoms with E-state index in [1.54, 1.807) is 0 Å². The molecule has 0 unspecified atom stereocenters. The maximum atomic E-state index is 10.1. The normalized spacial score (nSPS) is 11.7. The largest absolute Gasteiger partial charge is 0.691 e. The summed E-state index contributed by atoms with van der Waals surface area (Å²) in [5.41, 5.74) is 3.55. The van der Waals surface area contributed by atoms with Crippen molar-refractivity contribution >= 4 is 22.9 Å². The zero-order chi connectivity index (χ0) is 31.6. The first-order valence-corrected chi connectivity index (χ1v) is 16.8. The number of ether oxygens (including phenoxy) is 1. The van der Waals surface area contributed by atoms with Crippen LogP contribution in [0.3, 0.4) is 0 Å². The Morgan fingerprint density at radius 3 is 1.44 bits per heavy atom. The SMILES string of the molecule is CC(C)(C)Oc1ccc([S+](c2ccccc2)c2ccccc2)cc1.CC(C)c1cc(C(C)C)c(SOO[O-])c(C(C)C)c1. The van der Waals surface area contributed by atoms with Crippen molar-refractivity contribution in [3.63, 3.8) is 0 Å². The van der Waals surface area contributed by atoms with Gasteiger partial charge >= 0.3 is 0 Å². The summed E-state index contributed by atoms with van der Waals surface area (Å²) in [6.07, 6.45) is 0. The third-order valence-corrected chi connectivity index (χ3v) is 9.66. The van der Waals surface area contributed by atoms with E-state index >= 15 is 0 Å². The minimum Gasteiger partial charge on any atom is -0.691 e. The molecule has 4 nitrogen and oxygen atoms in total. The van der Waals surface area contributed by atoms with E-state index in [2.05, 4.69) is 169 Å². The van der Waals surface area contributed by atoms with Gasteiger partial charge in [-0.1, -0.05) is 90.1 Å². The van der Waals surface area contributed by atoms with E-state index in [0.29, 0.717) is 17.8 Å². The molecule has 0 aliphatic carbocycles. The quantitative estimate of drug-likeness (QED) is 0.0766. The highest BCUT2D eigenvalue weighted by Crippen LogP contribution is 2.38. The third kappa shape index (κ3) is 10.4. The molecule has 0 bridgehead atoms. The highest BCUT2D eigenvalue weighted by Gasteiger charge is 2.28. The van der Waals surface area contributed by atoms with Gasteiger partial charge in [0.1, 0.15) is 11.4 Å². The number of benzene rings is 4. The molecule has 0 saturated heterocycles. The molecule has 6 heteroatoms. The number of hydrogen-bond acceptors (Lipinski definition) is 5. The Morgan fingerprint density at radius 2 is 1.07 bits per heavy atom. The Bertz CT molecular complexity index is 1310. The molecule has 0 fully saturated rings. The van der Waals surface area contributed by atoms with Gasteiger partial charge in [0.25, 0.3) is 0 Å². The van der Waals surface area contributed by atoms with E-state index in [4.69, 9.17) is 4.74 Å². The molecule has 4 aromatic rings. The van der Waals surface area contributed by atoms with Gasteiger partial charge in [0.15, 0.2) is 14.7 Å². The Kier molecular flexibility index (Phi) is 13.2. The molecule has 0 aliphatic rings. The monoisotopic (exact) mass is 618 g/mol. The lowest BCUT2D eigenvalue weighted by Crippen LogP contribution is -2.22. The lowest BCUT2D eigenvalue weighted by atomic mass is 9.89. The van der Waals surface area contributed by atoms with E-state index in [9.17, 15) is 5.26 Å². The number of hydrogen-bond donors (Lipinski definition) is 0. The van der Waals surface area contributed by atoms with Gasteiger partial charge in [0.2, 0.25) is 0 Å². The zero-order valence-electron chi connectivity index (χ0n) is 26.9. The van der Waals surface area contributed by atoms with Crippen LogP contribution in [0.25, 0.3) is 0 Å². The molecular formula is C37H46O4S2. The Balaban J connectivity index is 0.000000243. The van der Waals surface area contributed by atoms with Crippen LogP contribution in [0.1, 0.15) is 96.8 Å². The first kappa shape index (κ1) is 34.7. The molecule has 43 heavy (non-hydrogen) atoms. The van der Waals surface area contributed by atoms with Gasteiger partial charge < -0.3 is 9.99 Å². The summed E-state index contributed by atoms with van der Waals surface area (Å²) in [7, 11) is -0.102. The second-order valence-electron chi connectivity index (χ2n) is 12.3. The van der Waals surface area contributed by atoms with Crippen LogP contribution in [-0.4, -0.2) is 5.60 Å². The van der Waals surface area contributed by atoms with Gasteiger partial charge in [-0.15, -0.1) is 0 Å². The van der Waals surface area contributed by atoms with Crippen LogP contribution >= 0.6 is 12.0 Å². The van der Waals surface area contributed by atoms with Crippen molar-refractivity contribution in [1.29, 1.82) is 0 Å². The van der Waals surface area contributed by atoms with Crippen molar-refractivity contribution in [2.75, 3.05) is 0 Å². The van der Waals surface area contributed by atoms with Gasteiger partial charge in [-0.2, -0.15) is 4.33 Å². The van der Waals surface area contributed by atoms with Crippen LogP contribution < -0.4 is 9.99 Å². The van der Waals surface area contributed by atoms with Gasteiger partial charge in [-0.05, 0) is 104 Å². The lowest BCUT2D eigenvalue weighted by molar-refractivity contribution is -0.777. The fraction of sp³-hybridized carbons (Fsp3) is 0.351. The fourth-order valence-corrected chi connectivity index (χ4v) is 7.51. The van der Waals surface area contributed by atoms with Crippen LogP contribution in [0, 0.1) is 0 Å². The highest BCUT2D eigenvalue weighted by molar-refractivity contribution is 7.97. The van der Waals surface area contributed by atoms with Crippen LogP contribution in [-0.2, 0) is 20.3 Å². The molecule has 0 atom stereocenters. The molecule has 0 radical (unpaired) electrons. The molecular weight excluding hydrogens is 573 g/mol. The van der Waals surface area contributed by atoms with E-state index in [0.717, 1.165) is 22.7 Å². The van der Waals surface area contributed by atoms with Crippen LogP contribution in [0.15, 0.2) is 117 Å². The van der Waals surface area contributed by atoms with Gasteiger partial charge in [-0.3, -0.25) is 5.04 Å². The van der Waals surface area contributed by atoms with Crippen LogP contribution in [0.2, 0.25) is 0 Å². The average Bonchev–Trinajstić information content (AvgIpc) is 2.97. The van der Waals surface area contributed by atoms with E-state index in [1.165, 1.54) is 31.4 Å². The summed E-state index contributed by atoms with van der Waals surface area (Å²) >= 11 is 1.02. The Labute approximate surface area is 266 Å². The summed E-state index contributed by atoms with van der Waals surface area (Å²) in [5.74, 6) is 2.13. The van der Waals surface area contributed by atoms with Gasteiger partial charge in [-0.25, -0.2) is 0 Å². The molecule has 0 aliphatic heterocycles. The summed E-state index contributed by atoms with van der Waals surface area (Å²) < 4.78 is 10.5. The predicted octanol–water partition coefficient (Wildman–Crippen LogP) is 10.2. The minimum atomic E-state index is -0.179. The Morgan fingerprint density at radius 1 is 0.628 bits per heavy atom. The van der Waals surface area contributed by atoms with E-state index < -0.39 is 0 Å². The summed E-state index contributed by atoms with van der Waals surface area (Å²) in [6, 6.07) is 34.3. The van der Waals surface area contributed by atoms with Crippen molar-refractivity contribution in [3.05, 3.63) is 114 Å². The van der Waals surface area contributed by atoms with Crippen molar-refractivity contribution in [2.45, 2.75) is 105 Å². The zero-order valence-corrected chi connectivity index (χ0v) is 28.6. The second-order valence-corrected chi connectivity index (χ2v) is 15.1. The molecule has 0 N–H and O–H groups in total. The maximum absolute atomic E-state index is 10.1. The smallest absolute Gasteiger partial charge is 0.166 e. The average molecular weight is 619 g/mol. The molecule has 4 aromatic carbocycles. The molecule has 0 aromatic heterocycles. The minimum absolute atomic E-state index is 0.102. The van der Waals surface area contributed by atoms with Crippen molar-refractivity contribution in [2.24, 2.45) is 0 Å². The van der Waals surface area contributed by atoms with Gasteiger partial charge in [0.05, 0.1) is 22.9 Å². The Hall–Kier alpha value is -2.74. The molecule has 230 valence electrons. The molecule has 4 rings (SSSR count). The van der Waals surface area contributed by atoms with Crippen molar-refractivity contribution < 1.29 is 19.4 Å². The number of rotatable bonds is 10. The van der Waals surface area contributed by atoms with E-state index in [-0.39, 0.29) is 16.5 Å². The highest BCUT2D eigenvalue weighted by atomic mass is 32.2. The maximum Gasteiger partial charge on any atom is 0.166 e. The lowest BCUT2D eigenvalue weighted by Gasteiger charge is -2.21. The molecule has 0 saturated carbocycles. The fourth-order valence-electron chi connectivity index (χ4n) is 4.55. The van der Waals surface area contributed by atoms with Crippen LogP contribution in [0.5, 0.6) is 5.75 Å². The molecule has 0 spiro atoms. The summed E-state index contributed by atoms with van der Waals surface area (Å²) in [6.45, 7) is 19.2. The topological polar surface area (TPSA) is 50.8 Å². The summed E-state index contributed by atoms with van der Waals surface area (Å²) in [5, 5.41) is 13.6. The summed E-state index contributed by atoms with van der Waals surface area (Å²) in [4.78, 5) is 4.96.